The number of hydrogen-bond acceptors (Lipinski definition) is 7. The number of pyridine rings is 3. The first-order valence-electron chi connectivity index (χ1n) is 11.8. The molecule has 2 N–H and O–H groups in total. The van der Waals surface area contributed by atoms with Gasteiger partial charge in [0.15, 0.2) is 0 Å². The van der Waals surface area contributed by atoms with E-state index in [0.717, 1.165) is 27.9 Å². The Morgan fingerprint density at radius 2 is 1.66 bits per heavy atom. The van der Waals surface area contributed by atoms with Crippen LogP contribution >= 0.6 is 0 Å². The minimum atomic E-state index is -0.815. The van der Waals surface area contributed by atoms with Gasteiger partial charge in [0.1, 0.15) is 5.82 Å². The van der Waals surface area contributed by atoms with Crippen molar-refractivity contribution in [1.29, 1.82) is 5.26 Å². The first-order chi connectivity index (χ1) is 18.2. The molecular weight excluding hydrogens is 480 g/mol. The Bertz CT molecular complexity index is 1560. The van der Waals surface area contributed by atoms with Gasteiger partial charge in [0.25, 0.3) is 5.91 Å². The topological polar surface area (TPSA) is 130 Å². The third kappa shape index (κ3) is 5.82. The summed E-state index contributed by atoms with van der Waals surface area (Å²) < 4.78 is 4.64. The number of methoxy groups -OCH3 is 1. The molecule has 9 heteroatoms. The quantitative estimate of drug-likeness (QED) is 0.341. The second kappa shape index (κ2) is 10.9. The van der Waals surface area contributed by atoms with Gasteiger partial charge in [0, 0.05) is 29.2 Å². The molecule has 0 aliphatic rings. The maximum absolute atomic E-state index is 13.0. The lowest BCUT2D eigenvalue weighted by atomic mass is 9.90. The smallest absolute Gasteiger partial charge is 0.412 e. The van der Waals surface area contributed by atoms with Crippen LogP contribution in [0.4, 0.5) is 16.3 Å². The molecule has 0 unspecified atom stereocenters. The molecule has 1 aromatic carbocycles. The van der Waals surface area contributed by atoms with E-state index in [9.17, 15) is 14.9 Å². The van der Waals surface area contributed by atoms with Crippen molar-refractivity contribution >= 4 is 23.5 Å². The van der Waals surface area contributed by atoms with Crippen molar-refractivity contribution in [2.24, 2.45) is 0 Å². The van der Waals surface area contributed by atoms with Crippen LogP contribution in [0, 0.1) is 18.3 Å². The maximum atomic E-state index is 13.0. The van der Waals surface area contributed by atoms with Gasteiger partial charge in [-0.3, -0.25) is 20.1 Å². The van der Waals surface area contributed by atoms with E-state index in [1.807, 2.05) is 43.3 Å². The Balaban J connectivity index is 1.60. The summed E-state index contributed by atoms with van der Waals surface area (Å²) >= 11 is 0. The molecule has 0 saturated heterocycles. The molecule has 0 aliphatic heterocycles. The van der Waals surface area contributed by atoms with Crippen LogP contribution in [0.1, 0.15) is 35.6 Å². The summed E-state index contributed by atoms with van der Waals surface area (Å²) in [7, 11) is 1.29. The van der Waals surface area contributed by atoms with Crippen molar-refractivity contribution in [1.82, 2.24) is 15.0 Å². The molecule has 0 radical (unpaired) electrons. The Hall–Kier alpha value is -5.10. The SMILES string of the molecule is COC(=O)Nc1cc(-c2cccc(-c3cc(NC(=O)c4ccnc(C(C)(C)C#N)c4)cnc3C)c2)ccn1. The molecule has 3 heterocycles. The summed E-state index contributed by atoms with van der Waals surface area (Å²) in [5, 5.41) is 14.9. The molecular formula is C29H26N6O3. The lowest BCUT2D eigenvalue weighted by Gasteiger charge is -2.15. The number of ether oxygens (including phenoxy) is 1. The second-order valence-corrected chi connectivity index (χ2v) is 9.10. The molecule has 0 atom stereocenters. The van der Waals surface area contributed by atoms with E-state index in [4.69, 9.17) is 0 Å². The monoisotopic (exact) mass is 506 g/mol. The Labute approximate surface area is 220 Å². The minimum Gasteiger partial charge on any atom is -0.453 e. The standard InChI is InChI=1S/C29H26N6O3/c1-18-24(21-7-5-6-19(12-21)20-8-11-32-26(14-20)35-28(37)38-4)15-23(16-33-18)34-27(36)22-9-10-31-25(13-22)29(2,3)17-30/h5-16H,1-4H3,(H,34,36)(H,32,35,37). The number of amides is 2. The molecule has 3 aromatic heterocycles. The molecule has 0 saturated carbocycles. The summed E-state index contributed by atoms with van der Waals surface area (Å²) in [5.74, 6) is 0.0508. The maximum Gasteiger partial charge on any atom is 0.412 e. The Morgan fingerprint density at radius 1 is 0.921 bits per heavy atom. The van der Waals surface area contributed by atoms with E-state index < -0.39 is 11.5 Å². The van der Waals surface area contributed by atoms with Gasteiger partial charge >= 0.3 is 6.09 Å². The molecule has 0 aliphatic carbocycles. The fraction of sp³-hybridized carbons (Fsp3) is 0.172. The normalized spacial score (nSPS) is 10.8. The van der Waals surface area contributed by atoms with Crippen LogP contribution in [0.3, 0.4) is 0 Å². The number of carbonyl (C=O) groups is 2. The molecule has 2 amide bonds. The van der Waals surface area contributed by atoms with Gasteiger partial charge in [-0.25, -0.2) is 9.78 Å². The summed E-state index contributed by atoms with van der Waals surface area (Å²) in [4.78, 5) is 37.4. The predicted molar refractivity (Wildman–Crippen MR) is 144 cm³/mol. The largest absolute Gasteiger partial charge is 0.453 e. The zero-order valence-electron chi connectivity index (χ0n) is 21.4. The lowest BCUT2D eigenvalue weighted by molar-refractivity contribution is 0.102. The summed E-state index contributed by atoms with van der Waals surface area (Å²) in [5.41, 5.74) is 4.97. The molecule has 0 bridgehead atoms. The number of benzene rings is 1. The van der Waals surface area contributed by atoms with Gasteiger partial charge in [-0.05, 0) is 73.9 Å². The molecule has 4 aromatic rings. The zero-order chi connectivity index (χ0) is 27.3. The number of aromatic nitrogens is 3. The van der Waals surface area contributed by atoms with Crippen LogP contribution in [0.25, 0.3) is 22.3 Å². The van der Waals surface area contributed by atoms with Crippen molar-refractivity contribution in [2.75, 3.05) is 17.7 Å². The fourth-order valence-electron chi connectivity index (χ4n) is 3.77. The number of hydrogen-bond donors (Lipinski definition) is 2. The first-order valence-corrected chi connectivity index (χ1v) is 11.8. The minimum absolute atomic E-state index is 0.324. The van der Waals surface area contributed by atoms with Crippen LogP contribution in [-0.4, -0.2) is 34.1 Å². The Morgan fingerprint density at radius 3 is 2.42 bits per heavy atom. The third-order valence-corrected chi connectivity index (χ3v) is 5.97. The highest BCUT2D eigenvalue weighted by Gasteiger charge is 2.22. The lowest BCUT2D eigenvalue weighted by Crippen LogP contribution is -2.18. The van der Waals surface area contributed by atoms with Gasteiger partial charge < -0.3 is 10.1 Å². The molecule has 190 valence electrons. The number of nitrogens with zero attached hydrogens (tertiary/aromatic N) is 4. The van der Waals surface area contributed by atoms with Gasteiger partial charge in [-0.2, -0.15) is 5.26 Å². The first kappa shape index (κ1) is 26.0. The molecule has 9 nitrogen and oxygen atoms in total. The highest BCUT2D eigenvalue weighted by molar-refractivity contribution is 6.04. The van der Waals surface area contributed by atoms with Gasteiger partial charge in [-0.15, -0.1) is 0 Å². The van der Waals surface area contributed by atoms with Crippen LogP contribution in [0.2, 0.25) is 0 Å². The summed E-state index contributed by atoms with van der Waals surface area (Å²) in [6, 6.07) is 18.8. The molecule has 0 fully saturated rings. The zero-order valence-corrected chi connectivity index (χ0v) is 21.4. The van der Waals surface area contributed by atoms with Gasteiger partial charge in [0.05, 0.1) is 36.2 Å². The number of nitrogens with one attached hydrogen (secondary N) is 2. The summed E-state index contributed by atoms with van der Waals surface area (Å²) in [6.07, 6.45) is 4.15. The number of anilines is 2. The van der Waals surface area contributed by atoms with Crippen molar-refractivity contribution in [3.05, 3.63) is 90.1 Å². The van der Waals surface area contributed by atoms with Crippen molar-refractivity contribution < 1.29 is 14.3 Å². The second-order valence-electron chi connectivity index (χ2n) is 9.10. The van der Waals surface area contributed by atoms with Crippen molar-refractivity contribution in [3.63, 3.8) is 0 Å². The van der Waals surface area contributed by atoms with E-state index in [1.165, 1.54) is 13.3 Å². The molecule has 0 spiro atoms. The molecule has 4 rings (SSSR count). The van der Waals surface area contributed by atoms with Crippen LogP contribution in [-0.2, 0) is 10.2 Å². The fourth-order valence-corrected chi connectivity index (χ4v) is 3.77. The van der Waals surface area contributed by atoms with E-state index in [1.54, 1.807) is 44.4 Å². The highest BCUT2D eigenvalue weighted by atomic mass is 16.5. The van der Waals surface area contributed by atoms with E-state index >= 15 is 0 Å². The number of carbonyl (C=O) groups excluding carboxylic acids is 2. The van der Waals surface area contributed by atoms with Gasteiger partial charge in [0.2, 0.25) is 0 Å². The van der Waals surface area contributed by atoms with Crippen LogP contribution in [0.15, 0.2) is 73.2 Å². The number of nitriles is 1. The Kier molecular flexibility index (Phi) is 7.44. The predicted octanol–water partition coefficient (Wildman–Crippen LogP) is 5.75. The van der Waals surface area contributed by atoms with Crippen molar-refractivity contribution in [2.45, 2.75) is 26.2 Å². The molecule has 38 heavy (non-hydrogen) atoms. The van der Waals surface area contributed by atoms with E-state index in [-0.39, 0.29) is 5.91 Å². The third-order valence-electron chi connectivity index (χ3n) is 5.97. The highest BCUT2D eigenvalue weighted by Crippen LogP contribution is 2.30. The van der Waals surface area contributed by atoms with E-state index in [2.05, 4.69) is 36.4 Å². The average Bonchev–Trinajstić information content (AvgIpc) is 2.94. The average molecular weight is 507 g/mol. The summed E-state index contributed by atoms with van der Waals surface area (Å²) in [6.45, 7) is 5.41. The van der Waals surface area contributed by atoms with Crippen LogP contribution in [0.5, 0.6) is 0 Å². The number of rotatable bonds is 6. The number of aryl methyl sites for hydroxylation is 1. The van der Waals surface area contributed by atoms with Crippen LogP contribution < -0.4 is 10.6 Å². The van der Waals surface area contributed by atoms with E-state index in [0.29, 0.717) is 22.8 Å². The van der Waals surface area contributed by atoms with Crippen molar-refractivity contribution in [3.8, 4) is 28.3 Å². The van der Waals surface area contributed by atoms with Gasteiger partial charge in [-0.1, -0.05) is 18.2 Å².